The third-order valence-corrected chi connectivity index (χ3v) is 11.1. The monoisotopic (exact) mass is 789 g/mol. The fourth-order valence-corrected chi connectivity index (χ4v) is 7.96. The van der Waals surface area contributed by atoms with Gasteiger partial charge < -0.3 is 0 Å². The standard InChI is InChI=1S/C54H53NO.Ni/c1-34-13-23-40(24-14-34)45-11-10-12-46-47(49(41-25-15-35(2)16-26-41)42-27-17-36(3)18-28-42)33-48(52(51(45)46)55-39(6)53(56)54(7,8)9)50(43-29-19-37(4)20-30-43)44-31-21-38(5)22-32-44;/h10-33,49-50H,1-9H3;. The molecule has 0 saturated carbocycles. The van der Waals surface area contributed by atoms with E-state index in [1.54, 1.807) is 0 Å². The summed E-state index contributed by atoms with van der Waals surface area (Å²) < 4.78 is 0. The number of benzene rings is 7. The molecule has 0 bridgehead atoms. The van der Waals surface area contributed by atoms with Gasteiger partial charge in [-0.15, -0.1) is 0 Å². The Morgan fingerprint density at radius 2 is 0.877 bits per heavy atom. The molecule has 57 heavy (non-hydrogen) atoms. The molecule has 0 heterocycles. The fraction of sp³-hybridized carbons (Fsp3) is 0.222. The first-order chi connectivity index (χ1) is 26.8. The fourth-order valence-electron chi connectivity index (χ4n) is 7.96. The summed E-state index contributed by atoms with van der Waals surface area (Å²) in [4.78, 5) is 19.6. The Labute approximate surface area is 350 Å². The van der Waals surface area contributed by atoms with Gasteiger partial charge in [-0.25, -0.2) is 4.99 Å². The first-order valence-electron chi connectivity index (χ1n) is 19.8. The summed E-state index contributed by atoms with van der Waals surface area (Å²) in [7, 11) is 0. The predicted octanol–water partition coefficient (Wildman–Crippen LogP) is 14.1. The number of fused-ring (bicyclic) bond motifs is 1. The number of aliphatic imine (C=N–C) groups is 1. The van der Waals surface area contributed by atoms with Crippen LogP contribution in [0.3, 0.4) is 0 Å². The summed E-state index contributed by atoms with van der Waals surface area (Å²) in [5.74, 6) is -0.205. The minimum atomic E-state index is -0.585. The van der Waals surface area contributed by atoms with Gasteiger partial charge >= 0.3 is 0 Å². The van der Waals surface area contributed by atoms with Crippen LogP contribution >= 0.6 is 0 Å². The molecular formula is C54H53NNiO. The third kappa shape index (κ3) is 8.80. The van der Waals surface area contributed by atoms with Crippen LogP contribution in [0.15, 0.2) is 151 Å². The van der Waals surface area contributed by atoms with E-state index in [0.29, 0.717) is 5.71 Å². The number of hydrogen-bond acceptors (Lipinski definition) is 2. The minimum Gasteiger partial charge on any atom is -0.292 e. The van der Waals surface area contributed by atoms with Gasteiger partial charge in [0.05, 0.1) is 11.4 Å². The van der Waals surface area contributed by atoms with Crippen LogP contribution in [0, 0.1) is 40.0 Å². The number of carbonyl (C=O) groups is 1. The zero-order chi connectivity index (χ0) is 39.7. The van der Waals surface area contributed by atoms with Gasteiger partial charge in [-0.05, 0) is 91.4 Å². The largest absolute Gasteiger partial charge is 0.292 e. The van der Waals surface area contributed by atoms with E-state index in [1.165, 1.54) is 55.6 Å². The number of hydrogen-bond donors (Lipinski definition) is 0. The molecule has 0 N–H and O–H groups in total. The average Bonchev–Trinajstić information content (AvgIpc) is 3.18. The minimum absolute atomic E-state index is 0. The molecule has 7 aromatic carbocycles. The first kappa shape index (κ1) is 41.3. The summed E-state index contributed by atoms with van der Waals surface area (Å²) >= 11 is 0. The van der Waals surface area contributed by atoms with Gasteiger partial charge in [-0.1, -0.05) is 194 Å². The Morgan fingerprint density at radius 3 is 1.26 bits per heavy atom. The van der Waals surface area contributed by atoms with Crippen LogP contribution in [0.25, 0.3) is 21.9 Å². The second kappa shape index (κ2) is 17.0. The van der Waals surface area contributed by atoms with Crippen molar-refractivity contribution in [1.82, 2.24) is 0 Å². The molecule has 0 saturated heterocycles. The molecule has 0 spiro atoms. The van der Waals surface area contributed by atoms with Crippen LogP contribution in [0.2, 0.25) is 0 Å². The van der Waals surface area contributed by atoms with Gasteiger partial charge in [0.25, 0.3) is 0 Å². The maximum atomic E-state index is 14.1. The van der Waals surface area contributed by atoms with Crippen molar-refractivity contribution >= 4 is 28.0 Å². The molecule has 0 radical (unpaired) electrons. The van der Waals surface area contributed by atoms with E-state index in [4.69, 9.17) is 4.99 Å². The molecule has 7 rings (SSSR count). The van der Waals surface area contributed by atoms with Crippen LogP contribution in [0.5, 0.6) is 0 Å². The Hall–Kier alpha value is -5.37. The Kier molecular flexibility index (Phi) is 12.3. The maximum absolute atomic E-state index is 14.1. The number of ketones is 1. The molecule has 0 aliphatic carbocycles. The maximum Gasteiger partial charge on any atom is 0.182 e. The van der Waals surface area contributed by atoms with Crippen LogP contribution in [-0.2, 0) is 21.3 Å². The van der Waals surface area contributed by atoms with E-state index in [9.17, 15) is 4.79 Å². The Morgan fingerprint density at radius 1 is 0.509 bits per heavy atom. The molecule has 290 valence electrons. The Balaban J connectivity index is 0.00000549. The summed E-state index contributed by atoms with van der Waals surface area (Å²) in [6, 6.07) is 53.7. The van der Waals surface area contributed by atoms with Crippen molar-refractivity contribution in [2.24, 2.45) is 10.4 Å². The number of rotatable bonds is 9. The number of nitrogens with zero attached hydrogens (tertiary/aromatic N) is 1. The number of carbonyl (C=O) groups excluding carboxylic acids is 1. The van der Waals surface area contributed by atoms with Gasteiger partial charge in [-0.3, -0.25) is 4.79 Å². The van der Waals surface area contributed by atoms with Crippen LogP contribution in [0.4, 0.5) is 5.69 Å². The van der Waals surface area contributed by atoms with Crippen molar-refractivity contribution in [3.63, 3.8) is 0 Å². The number of Topliss-reactive ketones (excluding diaryl/α,β-unsaturated/α-hetero) is 1. The molecule has 0 fully saturated rings. The zero-order valence-electron chi connectivity index (χ0n) is 34.7. The van der Waals surface area contributed by atoms with E-state index in [-0.39, 0.29) is 34.1 Å². The first-order valence-corrected chi connectivity index (χ1v) is 19.8. The van der Waals surface area contributed by atoms with Crippen molar-refractivity contribution in [1.29, 1.82) is 0 Å². The van der Waals surface area contributed by atoms with Gasteiger partial charge in [-0.2, -0.15) is 0 Å². The van der Waals surface area contributed by atoms with Crippen LogP contribution in [-0.4, -0.2) is 11.5 Å². The molecule has 0 aromatic heterocycles. The van der Waals surface area contributed by atoms with E-state index in [1.807, 2.05) is 27.7 Å². The summed E-state index contributed by atoms with van der Waals surface area (Å²) in [5, 5.41) is 2.18. The smallest absolute Gasteiger partial charge is 0.182 e. The van der Waals surface area contributed by atoms with E-state index < -0.39 is 5.41 Å². The predicted molar refractivity (Wildman–Crippen MR) is 238 cm³/mol. The van der Waals surface area contributed by atoms with E-state index >= 15 is 0 Å². The molecule has 0 atom stereocenters. The molecule has 3 heteroatoms. The quantitative estimate of drug-likeness (QED) is 0.0813. The molecule has 0 aliphatic heterocycles. The van der Waals surface area contributed by atoms with Gasteiger partial charge in [0.2, 0.25) is 0 Å². The average molecular weight is 791 g/mol. The SMILES string of the molecule is CC(=Nc1c(C(c2ccc(C)cc2)c2ccc(C)cc2)cc(C(c2ccc(C)cc2)c2ccc(C)cc2)c2cccc(-c3ccc(C)cc3)c12)C(=O)C(C)(C)C.[Ni]. The normalized spacial score (nSPS) is 11.9. The summed E-state index contributed by atoms with van der Waals surface area (Å²) in [6.45, 7) is 18.5. The van der Waals surface area contributed by atoms with Gasteiger partial charge in [0, 0.05) is 39.1 Å². The molecule has 0 aliphatic rings. The molecule has 0 amide bonds. The van der Waals surface area contributed by atoms with Gasteiger partial charge in [0.1, 0.15) is 0 Å². The summed E-state index contributed by atoms with van der Waals surface area (Å²) in [5.41, 5.74) is 16.1. The third-order valence-electron chi connectivity index (χ3n) is 11.1. The Bertz CT molecular complexity index is 2450. The molecule has 2 nitrogen and oxygen atoms in total. The zero-order valence-corrected chi connectivity index (χ0v) is 35.7. The topological polar surface area (TPSA) is 29.4 Å². The van der Waals surface area contributed by atoms with Crippen molar-refractivity contribution in [3.05, 3.63) is 207 Å². The molecular weight excluding hydrogens is 737 g/mol. The second-order valence-corrected chi connectivity index (χ2v) is 16.8. The van der Waals surface area contributed by atoms with Crippen LogP contribution in [0.1, 0.15) is 101 Å². The van der Waals surface area contributed by atoms with Crippen LogP contribution < -0.4 is 0 Å². The van der Waals surface area contributed by atoms with E-state index in [0.717, 1.165) is 33.2 Å². The second-order valence-electron chi connectivity index (χ2n) is 16.8. The van der Waals surface area contributed by atoms with Gasteiger partial charge in [0.15, 0.2) is 5.78 Å². The van der Waals surface area contributed by atoms with Crippen molar-refractivity contribution in [2.45, 2.75) is 74.1 Å². The molecule has 0 unspecified atom stereocenters. The van der Waals surface area contributed by atoms with Crippen molar-refractivity contribution in [3.8, 4) is 11.1 Å². The van der Waals surface area contributed by atoms with Crippen molar-refractivity contribution < 1.29 is 21.3 Å². The molecule has 7 aromatic rings. The number of aryl methyl sites for hydroxylation is 5. The van der Waals surface area contributed by atoms with Crippen molar-refractivity contribution in [2.75, 3.05) is 0 Å². The summed E-state index contributed by atoms with van der Waals surface area (Å²) in [6.07, 6.45) is 0. The van der Waals surface area contributed by atoms with E-state index in [2.05, 4.69) is 180 Å².